The van der Waals surface area contributed by atoms with Gasteiger partial charge in [-0.3, -0.25) is 0 Å². The van der Waals surface area contributed by atoms with Gasteiger partial charge in [-0.25, -0.2) is 4.98 Å². The van der Waals surface area contributed by atoms with Gasteiger partial charge in [0.2, 0.25) is 0 Å². The van der Waals surface area contributed by atoms with Crippen LogP contribution in [0.5, 0.6) is 5.75 Å². The molecule has 0 aliphatic rings. The minimum Gasteiger partial charge on any atom is -0.496 e. The Hall–Kier alpha value is -3.59. The molecule has 28 heavy (non-hydrogen) atoms. The number of ether oxygens (including phenoxy) is 1. The molecule has 0 fully saturated rings. The summed E-state index contributed by atoms with van der Waals surface area (Å²) < 4.78 is 7.92. The fourth-order valence-electron chi connectivity index (χ4n) is 3.96. The van der Waals surface area contributed by atoms with Crippen molar-refractivity contribution >= 4 is 16.4 Å². The predicted octanol–water partition coefficient (Wildman–Crippen LogP) is 6.14. The molecule has 0 saturated heterocycles. The Bertz CT molecular complexity index is 1300. The Morgan fingerprint density at radius 1 is 0.821 bits per heavy atom. The van der Waals surface area contributed by atoms with E-state index in [1.165, 1.54) is 16.5 Å². The van der Waals surface area contributed by atoms with Crippen LogP contribution in [0.2, 0.25) is 0 Å². The monoisotopic (exact) mass is 364 g/mol. The molecule has 3 heteroatoms. The normalized spacial score (nSPS) is 11.2. The van der Waals surface area contributed by atoms with Gasteiger partial charge in [0.25, 0.3) is 0 Å². The molecule has 0 saturated carbocycles. The first-order valence-corrected chi connectivity index (χ1v) is 9.37. The Morgan fingerprint density at radius 2 is 1.54 bits per heavy atom. The van der Waals surface area contributed by atoms with Crippen LogP contribution in [0, 0.1) is 6.92 Å². The van der Waals surface area contributed by atoms with Crippen LogP contribution < -0.4 is 4.74 Å². The smallest absolute Gasteiger partial charge is 0.128 e. The van der Waals surface area contributed by atoms with E-state index in [2.05, 4.69) is 60.0 Å². The number of rotatable bonds is 3. The van der Waals surface area contributed by atoms with Gasteiger partial charge in [-0.15, -0.1) is 0 Å². The summed E-state index contributed by atoms with van der Waals surface area (Å²) in [5.74, 6) is 0.826. The molecule has 5 aromatic rings. The second-order valence-electron chi connectivity index (χ2n) is 6.90. The topological polar surface area (TPSA) is 26.5 Å². The Labute approximate surface area is 163 Å². The van der Waals surface area contributed by atoms with Crippen molar-refractivity contribution in [3.05, 3.63) is 90.6 Å². The van der Waals surface area contributed by atoms with E-state index < -0.39 is 0 Å². The van der Waals surface area contributed by atoms with Gasteiger partial charge in [-0.2, -0.15) is 0 Å². The maximum absolute atomic E-state index is 5.66. The van der Waals surface area contributed by atoms with Gasteiger partial charge in [0.15, 0.2) is 0 Å². The lowest BCUT2D eigenvalue weighted by Gasteiger charge is -2.13. The highest BCUT2D eigenvalue weighted by molar-refractivity contribution is 5.98. The van der Waals surface area contributed by atoms with Crippen molar-refractivity contribution in [3.8, 4) is 28.3 Å². The molecule has 136 valence electrons. The molecule has 0 spiro atoms. The highest BCUT2D eigenvalue weighted by Crippen LogP contribution is 2.37. The second kappa shape index (κ2) is 6.54. The minimum atomic E-state index is 0.826. The van der Waals surface area contributed by atoms with Crippen LogP contribution >= 0.6 is 0 Å². The van der Waals surface area contributed by atoms with Crippen molar-refractivity contribution in [1.29, 1.82) is 0 Å². The minimum absolute atomic E-state index is 0.826. The number of aromatic nitrogens is 2. The van der Waals surface area contributed by atoms with Crippen LogP contribution in [0.1, 0.15) is 5.56 Å². The molecule has 2 heterocycles. The molecule has 0 aliphatic heterocycles. The average Bonchev–Trinajstić information content (AvgIpc) is 3.06. The van der Waals surface area contributed by atoms with Crippen LogP contribution in [0.3, 0.4) is 0 Å². The van der Waals surface area contributed by atoms with Gasteiger partial charge in [-0.1, -0.05) is 60.7 Å². The summed E-state index contributed by atoms with van der Waals surface area (Å²) >= 11 is 0. The standard InChI is InChI=1S/C25H20N2O/c1-17-19-12-6-8-14-22(19)27-16-21(18-10-4-3-5-11-18)26-24(25(17)27)20-13-7-9-15-23(20)28-2/h3-16H,1-2H3. The van der Waals surface area contributed by atoms with E-state index in [4.69, 9.17) is 9.72 Å². The third-order valence-corrected chi connectivity index (χ3v) is 5.30. The van der Waals surface area contributed by atoms with Crippen LogP contribution in [0.4, 0.5) is 0 Å². The highest BCUT2D eigenvalue weighted by Gasteiger charge is 2.18. The molecule has 0 N–H and O–H groups in total. The molecule has 2 aromatic heterocycles. The van der Waals surface area contributed by atoms with Crippen LogP contribution in [0.25, 0.3) is 38.9 Å². The zero-order valence-electron chi connectivity index (χ0n) is 15.9. The fraction of sp³-hybridized carbons (Fsp3) is 0.0800. The van der Waals surface area contributed by atoms with Crippen LogP contribution in [0.15, 0.2) is 85.1 Å². The van der Waals surface area contributed by atoms with Crippen LogP contribution in [-0.2, 0) is 0 Å². The first-order chi connectivity index (χ1) is 13.8. The quantitative estimate of drug-likeness (QED) is 0.384. The summed E-state index contributed by atoms with van der Waals surface area (Å²) in [6.45, 7) is 2.17. The summed E-state index contributed by atoms with van der Waals surface area (Å²) in [5.41, 5.74) is 7.50. The van der Waals surface area contributed by atoms with Gasteiger partial charge in [0.05, 0.1) is 29.5 Å². The zero-order chi connectivity index (χ0) is 19.1. The number of fused-ring (bicyclic) bond motifs is 3. The molecule has 5 rings (SSSR count). The number of benzene rings is 3. The summed E-state index contributed by atoms with van der Waals surface area (Å²) in [4.78, 5) is 5.11. The molecular formula is C25H20N2O. The zero-order valence-corrected chi connectivity index (χ0v) is 15.9. The van der Waals surface area contributed by atoms with Gasteiger partial charge in [0, 0.05) is 22.7 Å². The van der Waals surface area contributed by atoms with Gasteiger partial charge in [0.1, 0.15) is 5.75 Å². The van der Waals surface area contributed by atoms with Gasteiger partial charge in [-0.05, 0) is 30.7 Å². The third-order valence-electron chi connectivity index (χ3n) is 5.30. The molecular weight excluding hydrogens is 344 g/mol. The molecule has 0 radical (unpaired) electrons. The van der Waals surface area contributed by atoms with Crippen molar-refractivity contribution in [1.82, 2.24) is 9.38 Å². The first kappa shape index (κ1) is 16.6. The van der Waals surface area contributed by atoms with Crippen molar-refractivity contribution in [2.75, 3.05) is 7.11 Å². The lowest BCUT2D eigenvalue weighted by atomic mass is 10.1. The Morgan fingerprint density at radius 3 is 2.36 bits per heavy atom. The fourth-order valence-corrected chi connectivity index (χ4v) is 3.96. The Kier molecular flexibility index (Phi) is 3.87. The maximum atomic E-state index is 5.66. The van der Waals surface area contributed by atoms with E-state index in [-0.39, 0.29) is 0 Å². The predicted molar refractivity (Wildman–Crippen MR) is 115 cm³/mol. The molecule has 0 atom stereocenters. The SMILES string of the molecule is COc1ccccc1-c1nc(-c2ccccc2)cn2c1c(C)c1ccccc12. The van der Waals surface area contributed by atoms with E-state index in [0.29, 0.717) is 0 Å². The van der Waals surface area contributed by atoms with E-state index in [1.807, 2.05) is 36.4 Å². The van der Waals surface area contributed by atoms with E-state index >= 15 is 0 Å². The summed E-state index contributed by atoms with van der Waals surface area (Å²) in [5, 5.41) is 1.24. The van der Waals surface area contributed by atoms with Crippen LogP contribution in [-0.4, -0.2) is 16.5 Å². The van der Waals surface area contributed by atoms with E-state index in [1.54, 1.807) is 7.11 Å². The number of nitrogens with zero attached hydrogens (tertiary/aromatic N) is 2. The van der Waals surface area contributed by atoms with Crippen molar-refractivity contribution < 1.29 is 4.74 Å². The average molecular weight is 364 g/mol. The lowest BCUT2D eigenvalue weighted by molar-refractivity contribution is 0.416. The summed E-state index contributed by atoms with van der Waals surface area (Å²) in [7, 11) is 1.71. The first-order valence-electron chi connectivity index (χ1n) is 9.37. The number of hydrogen-bond acceptors (Lipinski definition) is 2. The van der Waals surface area contributed by atoms with Crippen molar-refractivity contribution in [2.24, 2.45) is 0 Å². The molecule has 0 unspecified atom stereocenters. The number of aryl methyl sites for hydroxylation is 1. The molecule has 0 amide bonds. The molecule has 0 bridgehead atoms. The third kappa shape index (κ3) is 2.48. The summed E-state index contributed by atoms with van der Waals surface area (Å²) in [6.07, 6.45) is 2.14. The number of para-hydroxylation sites is 2. The number of methoxy groups -OCH3 is 1. The highest BCUT2D eigenvalue weighted by atomic mass is 16.5. The molecule has 0 aliphatic carbocycles. The van der Waals surface area contributed by atoms with E-state index in [0.717, 1.165) is 33.8 Å². The van der Waals surface area contributed by atoms with Crippen molar-refractivity contribution in [2.45, 2.75) is 6.92 Å². The van der Waals surface area contributed by atoms with E-state index in [9.17, 15) is 0 Å². The Balaban J connectivity index is 1.95. The van der Waals surface area contributed by atoms with Gasteiger partial charge < -0.3 is 9.14 Å². The summed E-state index contributed by atoms with van der Waals surface area (Å²) in [6, 6.07) is 26.9. The maximum Gasteiger partial charge on any atom is 0.128 e. The number of hydrogen-bond donors (Lipinski definition) is 0. The lowest BCUT2D eigenvalue weighted by Crippen LogP contribution is -1.98. The largest absolute Gasteiger partial charge is 0.496 e. The van der Waals surface area contributed by atoms with Gasteiger partial charge >= 0.3 is 0 Å². The second-order valence-corrected chi connectivity index (χ2v) is 6.90. The molecule has 3 aromatic carbocycles. The van der Waals surface area contributed by atoms with Crippen molar-refractivity contribution in [3.63, 3.8) is 0 Å². The molecule has 3 nitrogen and oxygen atoms in total.